The number of methoxy groups -OCH3 is 1. The second-order valence-electron chi connectivity index (χ2n) is 9.94. The van der Waals surface area contributed by atoms with Crippen LogP contribution in [0.3, 0.4) is 0 Å². The van der Waals surface area contributed by atoms with Crippen LogP contribution in [0.5, 0.6) is 11.5 Å². The van der Waals surface area contributed by atoms with Crippen LogP contribution < -0.4 is 20.1 Å². The van der Waals surface area contributed by atoms with Crippen LogP contribution in [0.4, 0.5) is 11.6 Å². The Morgan fingerprint density at radius 3 is 2.56 bits per heavy atom. The van der Waals surface area contributed by atoms with Crippen molar-refractivity contribution in [2.75, 3.05) is 23.5 Å². The van der Waals surface area contributed by atoms with Gasteiger partial charge in [-0.25, -0.2) is 4.68 Å². The van der Waals surface area contributed by atoms with E-state index in [4.69, 9.17) is 19.6 Å². The smallest absolute Gasteiger partial charge is 0.255 e. The standard InChI is InChI=1S/C32H35N5O3S/c1-5-6-18-41-32-35-31-33-22(3)28(30(38)34-25-10-8-7-9-11-25)29(37(31)36-32)24-16-17-26(27(19-24)39-4)40-20-23-14-12-21(2)13-15-23/h7-17,19,29H,5-6,18,20H2,1-4H3,(H,34,38)(H,33,35,36). The number of nitrogens with one attached hydrogen (secondary N) is 2. The van der Waals surface area contributed by atoms with Crippen LogP contribution in [0, 0.1) is 6.92 Å². The summed E-state index contributed by atoms with van der Waals surface area (Å²) in [5.74, 6) is 2.51. The predicted octanol–water partition coefficient (Wildman–Crippen LogP) is 6.99. The highest BCUT2D eigenvalue weighted by molar-refractivity contribution is 7.99. The molecule has 1 unspecified atom stereocenters. The van der Waals surface area contributed by atoms with Crippen molar-refractivity contribution in [1.82, 2.24) is 14.8 Å². The van der Waals surface area contributed by atoms with Gasteiger partial charge in [0.15, 0.2) is 11.5 Å². The van der Waals surface area contributed by atoms with E-state index in [0.29, 0.717) is 46.2 Å². The number of ether oxygens (including phenoxy) is 2. The lowest BCUT2D eigenvalue weighted by atomic mass is 9.94. The van der Waals surface area contributed by atoms with Gasteiger partial charge in [0.2, 0.25) is 11.1 Å². The van der Waals surface area contributed by atoms with E-state index >= 15 is 0 Å². The first-order valence-corrected chi connectivity index (χ1v) is 14.7. The number of nitrogens with zero attached hydrogens (tertiary/aromatic N) is 3. The van der Waals surface area contributed by atoms with Gasteiger partial charge in [-0.2, -0.15) is 4.98 Å². The molecule has 41 heavy (non-hydrogen) atoms. The molecule has 2 N–H and O–H groups in total. The molecule has 2 heterocycles. The molecular formula is C32H35N5O3S. The molecule has 0 radical (unpaired) electrons. The number of hydrogen-bond donors (Lipinski definition) is 2. The summed E-state index contributed by atoms with van der Waals surface area (Å²) in [7, 11) is 1.62. The molecule has 0 fully saturated rings. The average molecular weight is 570 g/mol. The Hall–Kier alpha value is -4.24. The predicted molar refractivity (Wildman–Crippen MR) is 164 cm³/mol. The molecule has 1 atom stereocenters. The van der Waals surface area contributed by atoms with E-state index in [2.05, 4.69) is 48.7 Å². The number of aromatic nitrogens is 3. The summed E-state index contributed by atoms with van der Waals surface area (Å²) in [5, 5.41) is 11.9. The zero-order chi connectivity index (χ0) is 28.8. The van der Waals surface area contributed by atoms with Gasteiger partial charge in [0, 0.05) is 17.1 Å². The van der Waals surface area contributed by atoms with E-state index < -0.39 is 6.04 Å². The Morgan fingerprint density at radius 2 is 1.83 bits per heavy atom. The highest BCUT2D eigenvalue weighted by Crippen LogP contribution is 2.40. The summed E-state index contributed by atoms with van der Waals surface area (Å²) in [5.41, 5.74) is 5.08. The van der Waals surface area contributed by atoms with E-state index in [1.807, 2.05) is 55.5 Å². The fourth-order valence-electron chi connectivity index (χ4n) is 4.64. The number of rotatable bonds is 11. The molecule has 9 heteroatoms. The number of amides is 1. The van der Waals surface area contributed by atoms with Crippen LogP contribution in [0.25, 0.3) is 0 Å². The van der Waals surface area contributed by atoms with Gasteiger partial charge >= 0.3 is 0 Å². The monoisotopic (exact) mass is 569 g/mol. The molecule has 1 aliphatic heterocycles. The Labute approximate surface area is 245 Å². The minimum absolute atomic E-state index is 0.216. The second kappa shape index (κ2) is 13.0. The number of carbonyl (C=O) groups excluding carboxylic acids is 1. The van der Waals surface area contributed by atoms with Crippen LogP contribution in [0.2, 0.25) is 0 Å². The van der Waals surface area contributed by atoms with Gasteiger partial charge in [-0.15, -0.1) is 5.10 Å². The largest absolute Gasteiger partial charge is 0.493 e. The molecule has 5 rings (SSSR count). The highest BCUT2D eigenvalue weighted by atomic mass is 32.2. The minimum atomic E-state index is -0.525. The number of thioether (sulfide) groups is 1. The molecule has 1 amide bonds. The van der Waals surface area contributed by atoms with Crippen molar-refractivity contribution in [2.45, 2.75) is 51.4 Å². The zero-order valence-corrected chi connectivity index (χ0v) is 24.6. The molecule has 1 aromatic heterocycles. The van der Waals surface area contributed by atoms with Gasteiger partial charge in [-0.3, -0.25) is 4.79 Å². The van der Waals surface area contributed by atoms with E-state index in [-0.39, 0.29) is 5.91 Å². The number of unbranched alkanes of at least 4 members (excludes halogenated alkanes) is 1. The number of fused-ring (bicyclic) bond motifs is 1. The second-order valence-corrected chi connectivity index (χ2v) is 11.0. The maximum Gasteiger partial charge on any atom is 0.255 e. The SMILES string of the molecule is CCCCSc1nc2n(n1)C(c1ccc(OCc3ccc(C)cc3)c(OC)c1)C(C(=O)Nc1ccccc1)=C(C)N2. The minimum Gasteiger partial charge on any atom is -0.493 e. The van der Waals surface area contributed by atoms with Crippen molar-refractivity contribution in [1.29, 1.82) is 0 Å². The van der Waals surface area contributed by atoms with Crippen molar-refractivity contribution in [2.24, 2.45) is 0 Å². The summed E-state index contributed by atoms with van der Waals surface area (Å²) in [6.45, 7) is 6.53. The quantitative estimate of drug-likeness (QED) is 0.149. The third-order valence-electron chi connectivity index (χ3n) is 6.86. The third-order valence-corrected chi connectivity index (χ3v) is 7.78. The first-order valence-electron chi connectivity index (χ1n) is 13.8. The first kappa shape index (κ1) is 28.3. The fourth-order valence-corrected chi connectivity index (χ4v) is 5.55. The van der Waals surface area contributed by atoms with Gasteiger partial charge in [-0.1, -0.05) is 79.2 Å². The normalized spacial score (nSPS) is 14.3. The van der Waals surface area contributed by atoms with Gasteiger partial charge in [0.25, 0.3) is 5.91 Å². The van der Waals surface area contributed by atoms with Crippen molar-refractivity contribution in [3.05, 3.63) is 101 Å². The van der Waals surface area contributed by atoms with Crippen LogP contribution in [0.1, 0.15) is 49.4 Å². The molecule has 0 bridgehead atoms. The molecule has 4 aromatic rings. The maximum atomic E-state index is 13.8. The molecular weight excluding hydrogens is 534 g/mol. The zero-order valence-electron chi connectivity index (χ0n) is 23.8. The maximum absolute atomic E-state index is 13.8. The molecule has 0 spiro atoms. The van der Waals surface area contributed by atoms with Crippen molar-refractivity contribution in [3.8, 4) is 11.5 Å². The van der Waals surface area contributed by atoms with Crippen LogP contribution in [-0.4, -0.2) is 33.5 Å². The molecule has 8 nitrogen and oxygen atoms in total. The lowest BCUT2D eigenvalue weighted by Gasteiger charge is -2.29. The van der Waals surface area contributed by atoms with Crippen LogP contribution >= 0.6 is 11.8 Å². The lowest BCUT2D eigenvalue weighted by Crippen LogP contribution is -2.31. The third kappa shape index (κ3) is 6.57. The molecule has 0 saturated carbocycles. The average Bonchev–Trinajstić information content (AvgIpc) is 3.38. The number of anilines is 2. The number of para-hydroxylation sites is 1. The van der Waals surface area contributed by atoms with E-state index in [9.17, 15) is 4.79 Å². The number of aryl methyl sites for hydroxylation is 1. The molecule has 0 aliphatic carbocycles. The van der Waals surface area contributed by atoms with Gasteiger partial charge in [0.1, 0.15) is 12.6 Å². The number of allylic oxidation sites excluding steroid dienone is 1. The summed E-state index contributed by atoms with van der Waals surface area (Å²) in [4.78, 5) is 18.5. The van der Waals surface area contributed by atoms with E-state index in [1.54, 1.807) is 23.6 Å². The van der Waals surface area contributed by atoms with Crippen molar-refractivity contribution < 1.29 is 14.3 Å². The molecule has 0 saturated heterocycles. The molecule has 3 aromatic carbocycles. The number of benzene rings is 3. The van der Waals surface area contributed by atoms with Crippen LogP contribution in [-0.2, 0) is 11.4 Å². The Balaban J connectivity index is 1.49. The van der Waals surface area contributed by atoms with Gasteiger partial charge in [0.05, 0.1) is 12.7 Å². The van der Waals surface area contributed by atoms with E-state index in [1.165, 1.54) is 5.56 Å². The fraction of sp³-hybridized carbons (Fsp3) is 0.281. The first-order chi connectivity index (χ1) is 20.0. The highest BCUT2D eigenvalue weighted by Gasteiger charge is 2.35. The Morgan fingerprint density at radius 1 is 1.05 bits per heavy atom. The molecule has 1 aliphatic rings. The van der Waals surface area contributed by atoms with E-state index in [0.717, 1.165) is 29.7 Å². The summed E-state index contributed by atoms with van der Waals surface area (Å²) in [6.07, 6.45) is 2.18. The van der Waals surface area contributed by atoms with Crippen molar-refractivity contribution >= 4 is 29.3 Å². The summed E-state index contributed by atoms with van der Waals surface area (Å²) >= 11 is 1.62. The van der Waals surface area contributed by atoms with Gasteiger partial charge in [-0.05, 0) is 55.7 Å². The van der Waals surface area contributed by atoms with Crippen molar-refractivity contribution in [3.63, 3.8) is 0 Å². The molecule has 212 valence electrons. The van der Waals surface area contributed by atoms with Crippen LogP contribution in [0.15, 0.2) is 89.2 Å². The number of hydrogen-bond acceptors (Lipinski definition) is 7. The Bertz CT molecular complexity index is 1530. The summed E-state index contributed by atoms with van der Waals surface area (Å²) in [6, 6.07) is 22.9. The topological polar surface area (TPSA) is 90.3 Å². The lowest BCUT2D eigenvalue weighted by molar-refractivity contribution is -0.113. The summed E-state index contributed by atoms with van der Waals surface area (Å²) < 4.78 is 13.7. The number of carbonyl (C=O) groups is 1. The van der Waals surface area contributed by atoms with Gasteiger partial charge < -0.3 is 20.1 Å². The Kier molecular flexibility index (Phi) is 8.94.